The van der Waals surface area contributed by atoms with Gasteiger partial charge in [-0.2, -0.15) is 4.37 Å². The van der Waals surface area contributed by atoms with Crippen LogP contribution in [0.2, 0.25) is 0 Å². The maximum absolute atomic E-state index is 12.7. The average molecular weight is 222 g/mol. The van der Waals surface area contributed by atoms with Gasteiger partial charge in [0.05, 0.1) is 5.69 Å². The first-order valence-electron chi connectivity index (χ1n) is 4.57. The first kappa shape index (κ1) is 10.1. The van der Waals surface area contributed by atoms with Gasteiger partial charge in [-0.15, -0.1) is 0 Å². The second-order valence-corrected chi connectivity index (χ2v) is 4.24. The fourth-order valence-electron chi connectivity index (χ4n) is 1.23. The molecule has 1 aromatic carbocycles. The van der Waals surface area contributed by atoms with Crippen LogP contribution in [0.5, 0.6) is 0 Å². The molecular formula is C11H11FN2S. The lowest BCUT2D eigenvalue weighted by Gasteiger charge is -2.05. The van der Waals surface area contributed by atoms with Crippen molar-refractivity contribution in [3.63, 3.8) is 0 Å². The number of hydrogen-bond donors (Lipinski definition) is 0. The Balaban J connectivity index is 2.33. The average Bonchev–Trinajstić information content (AvgIpc) is 2.68. The first-order valence-corrected chi connectivity index (χ1v) is 5.34. The van der Waals surface area contributed by atoms with E-state index in [-0.39, 0.29) is 5.82 Å². The van der Waals surface area contributed by atoms with Crippen molar-refractivity contribution in [1.29, 1.82) is 0 Å². The molecule has 2 rings (SSSR count). The number of nitrogens with zero attached hydrogens (tertiary/aromatic N) is 2. The van der Waals surface area contributed by atoms with Gasteiger partial charge in [0.25, 0.3) is 0 Å². The molecule has 0 saturated carbocycles. The van der Waals surface area contributed by atoms with Gasteiger partial charge in [0, 0.05) is 25.7 Å². The summed E-state index contributed by atoms with van der Waals surface area (Å²) in [5.74, 6) is -0.221. The molecule has 0 aliphatic carbocycles. The van der Waals surface area contributed by atoms with Gasteiger partial charge >= 0.3 is 0 Å². The Labute approximate surface area is 92.1 Å². The van der Waals surface area contributed by atoms with Crippen LogP contribution in [-0.2, 0) is 0 Å². The first-order chi connectivity index (χ1) is 7.16. The molecule has 2 aromatic rings. The molecular weight excluding hydrogens is 211 g/mol. The monoisotopic (exact) mass is 222 g/mol. The van der Waals surface area contributed by atoms with Crippen LogP contribution in [-0.4, -0.2) is 18.5 Å². The highest BCUT2D eigenvalue weighted by molar-refractivity contribution is 7.10. The minimum Gasteiger partial charge on any atom is -0.368 e. The smallest absolute Gasteiger partial charge is 0.123 e. The Kier molecular flexibility index (Phi) is 2.68. The van der Waals surface area contributed by atoms with E-state index in [0.29, 0.717) is 0 Å². The molecule has 0 spiro atoms. The SMILES string of the molecule is CN(C)c1cc(-c2ccc(F)cc2)ns1. The summed E-state index contributed by atoms with van der Waals surface area (Å²) in [6.07, 6.45) is 0. The zero-order valence-electron chi connectivity index (χ0n) is 8.57. The molecule has 0 aliphatic heterocycles. The summed E-state index contributed by atoms with van der Waals surface area (Å²) in [6.45, 7) is 0. The van der Waals surface area contributed by atoms with Gasteiger partial charge in [0.1, 0.15) is 10.8 Å². The summed E-state index contributed by atoms with van der Waals surface area (Å²) in [6, 6.07) is 8.37. The maximum atomic E-state index is 12.7. The third kappa shape index (κ3) is 2.15. The molecule has 0 fully saturated rings. The van der Waals surface area contributed by atoms with E-state index in [1.54, 1.807) is 12.1 Å². The van der Waals surface area contributed by atoms with Crippen molar-refractivity contribution < 1.29 is 4.39 Å². The molecule has 0 N–H and O–H groups in total. The maximum Gasteiger partial charge on any atom is 0.123 e. The molecule has 0 saturated heterocycles. The lowest BCUT2D eigenvalue weighted by Crippen LogP contribution is -2.05. The predicted molar refractivity (Wildman–Crippen MR) is 61.8 cm³/mol. The highest BCUT2D eigenvalue weighted by Gasteiger charge is 2.05. The van der Waals surface area contributed by atoms with Crippen molar-refractivity contribution in [3.8, 4) is 11.3 Å². The number of rotatable bonds is 2. The van der Waals surface area contributed by atoms with Gasteiger partial charge in [-0.25, -0.2) is 4.39 Å². The second-order valence-electron chi connectivity index (χ2n) is 3.45. The van der Waals surface area contributed by atoms with Crippen molar-refractivity contribution in [2.45, 2.75) is 0 Å². The van der Waals surface area contributed by atoms with Crippen LogP contribution in [0.3, 0.4) is 0 Å². The van der Waals surface area contributed by atoms with Gasteiger partial charge in [-0.3, -0.25) is 0 Å². The summed E-state index contributed by atoms with van der Waals surface area (Å²) in [4.78, 5) is 2.00. The quantitative estimate of drug-likeness (QED) is 0.776. The van der Waals surface area contributed by atoms with Gasteiger partial charge < -0.3 is 4.90 Å². The van der Waals surface area contributed by atoms with E-state index in [0.717, 1.165) is 16.3 Å². The third-order valence-corrected chi connectivity index (χ3v) is 3.04. The minimum atomic E-state index is -0.221. The number of hydrogen-bond acceptors (Lipinski definition) is 3. The lowest BCUT2D eigenvalue weighted by molar-refractivity contribution is 0.628. The molecule has 2 nitrogen and oxygen atoms in total. The molecule has 0 bridgehead atoms. The lowest BCUT2D eigenvalue weighted by atomic mass is 10.1. The number of aromatic nitrogens is 1. The second kappa shape index (κ2) is 3.98. The number of halogens is 1. The molecule has 0 amide bonds. The van der Waals surface area contributed by atoms with Gasteiger partial charge in [-0.1, -0.05) is 0 Å². The zero-order chi connectivity index (χ0) is 10.8. The Hall–Kier alpha value is -1.42. The van der Waals surface area contributed by atoms with Crippen LogP contribution in [0.25, 0.3) is 11.3 Å². The van der Waals surface area contributed by atoms with Crippen LogP contribution in [0.1, 0.15) is 0 Å². The van der Waals surface area contributed by atoms with Crippen molar-refractivity contribution in [2.75, 3.05) is 19.0 Å². The highest BCUT2D eigenvalue weighted by atomic mass is 32.1. The summed E-state index contributed by atoms with van der Waals surface area (Å²) in [5, 5.41) is 1.09. The molecule has 1 aromatic heterocycles. The van der Waals surface area contributed by atoms with E-state index in [2.05, 4.69) is 4.37 Å². The van der Waals surface area contributed by atoms with Crippen molar-refractivity contribution in [2.24, 2.45) is 0 Å². The largest absolute Gasteiger partial charge is 0.368 e. The Morgan fingerprint density at radius 3 is 2.40 bits per heavy atom. The Bertz CT molecular complexity index is 448. The van der Waals surface area contributed by atoms with Crippen LogP contribution in [0.4, 0.5) is 9.39 Å². The van der Waals surface area contributed by atoms with Crippen molar-refractivity contribution in [3.05, 3.63) is 36.1 Å². The van der Waals surface area contributed by atoms with E-state index >= 15 is 0 Å². The molecule has 0 atom stereocenters. The number of anilines is 1. The van der Waals surface area contributed by atoms with E-state index in [1.165, 1.54) is 23.7 Å². The Morgan fingerprint density at radius 1 is 1.20 bits per heavy atom. The summed E-state index contributed by atoms with van der Waals surface area (Å²) >= 11 is 1.44. The fraction of sp³-hybridized carbons (Fsp3) is 0.182. The molecule has 0 aliphatic rings. The minimum absolute atomic E-state index is 0.221. The summed E-state index contributed by atoms with van der Waals surface area (Å²) in [5.41, 5.74) is 1.84. The molecule has 0 unspecified atom stereocenters. The molecule has 1 heterocycles. The molecule has 78 valence electrons. The van der Waals surface area contributed by atoms with Crippen molar-refractivity contribution >= 4 is 16.5 Å². The van der Waals surface area contributed by atoms with Gasteiger partial charge in [0.2, 0.25) is 0 Å². The molecule has 0 radical (unpaired) electrons. The van der Waals surface area contributed by atoms with Gasteiger partial charge in [-0.05, 0) is 35.8 Å². The topological polar surface area (TPSA) is 16.1 Å². The highest BCUT2D eigenvalue weighted by Crippen LogP contribution is 2.26. The van der Waals surface area contributed by atoms with E-state index < -0.39 is 0 Å². The normalized spacial score (nSPS) is 10.3. The van der Waals surface area contributed by atoms with E-state index in [9.17, 15) is 4.39 Å². The van der Waals surface area contributed by atoms with Crippen LogP contribution < -0.4 is 4.90 Å². The summed E-state index contributed by atoms with van der Waals surface area (Å²) in [7, 11) is 3.95. The fourth-order valence-corrected chi connectivity index (χ4v) is 1.91. The van der Waals surface area contributed by atoms with E-state index in [1.807, 2.05) is 25.1 Å². The van der Waals surface area contributed by atoms with Crippen LogP contribution in [0.15, 0.2) is 30.3 Å². The molecule has 15 heavy (non-hydrogen) atoms. The van der Waals surface area contributed by atoms with Crippen molar-refractivity contribution in [1.82, 2.24) is 4.37 Å². The standard InChI is InChI=1S/C11H11FN2S/c1-14(2)11-7-10(13-15-11)8-3-5-9(12)6-4-8/h3-7H,1-2H3. The van der Waals surface area contributed by atoms with Gasteiger partial charge in [0.15, 0.2) is 0 Å². The van der Waals surface area contributed by atoms with E-state index in [4.69, 9.17) is 0 Å². The Morgan fingerprint density at radius 2 is 1.87 bits per heavy atom. The van der Waals surface area contributed by atoms with Crippen LogP contribution >= 0.6 is 11.5 Å². The summed E-state index contributed by atoms with van der Waals surface area (Å²) < 4.78 is 17.0. The number of benzene rings is 1. The zero-order valence-corrected chi connectivity index (χ0v) is 9.38. The predicted octanol–water partition coefficient (Wildman–Crippen LogP) is 3.02. The van der Waals surface area contributed by atoms with Crippen LogP contribution in [0, 0.1) is 5.82 Å². The third-order valence-electron chi connectivity index (χ3n) is 2.08. The molecule has 4 heteroatoms.